The van der Waals surface area contributed by atoms with E-state index < -0.39 is 29.1 Å². The average Bonchev–Trinajstić information content (AvgIpc) is 2.90. The zero-order chi connectivity index (χ0) is 29.7. The number of hydrogen-bond acceptors (Lipinski definition) is 5. The zero-order valence-corrected chi connectivity index (χ0v) is 23.2. The first-order valence-electron chi connectivity index (χ1n) is 13.5. The number of carboxylic acid groups (broad SMARTS) is 1. The molecule has 218 valence electrons. The molecule has 0 spiro atoms. The number of ether oxygens (including phenoxy) is 2. The predicted molar refractivity (Wildman–Crippen MR) is 150 cm³/mol. The van der Waals surface area contributed by atoms with Crippen LogP contribution in [0.25, 0.3) is 0 Å². The van der Waals surface area contributed by atoms with Gasteiger partial charge in [0.1, 0.15) is 23.0 Å². The highest BCUT2D eigenvalue weighted by Gasteiger charge is 2.34. The lowest BCUT2D eigenvalue weighted by atomic mass is 9.84. The number of carboxylic acids is 1. The number of nitrogens with one attached hydrogen (secondary N) is 1. The fourth-order valence-electron chi connectivity index (χ4n) is 4.83. The Morgan fingerprint density at radius 3 is 2.02 bits per heavy atom. The molecule has 1 aliphatic rings. The number of carbonyl (C=O) groups is 2. The second-order valence-electron chi connectivity index (χ2n) is 10.8. The molecule has 2 amide bonds. The van der Waals surface area contributed by atoms with Crippen molar-refractivity contribution in [3.8, 4) is 23.0 Å². The lowest BCUT2D eigenvalue weighted by Gasteiger charge is -2.39. The van der Waals surface area contributed by atoms with Gasteiger partial charge in [0.25, 0.3) is 0 Å². The van der Waals surface area contributed by atoms with Gasteiger partial charge in [0.15, 0.2) is 11.6 Å². The molecule has 3 aromatic carbocycles. The van der Waals surface area contributed by atoms with Gasteiger partial charge < -0.3 is 29.9 Å². The minimum absolute atomic E-state index is 0.0470. The van der Waals surface area contributed by atoms with Crippen molar-refractivity contribution in [1.82, 2.24) is 4.90 Å². The number of carbonyl (C=O) groups excluding carboxylic acids is 1. The summed E-state index contributed by atoms with van der Waals surface area (Å²) >= 11 is 0. The maximum atomic E-state index is 13.8. The molecular weight excluding hydrogens is 534 g/mol. The van der Waals surface area contributed by atoms with Gasteiger partial charge in [-0.05, 0) is 61.9 Å². The number of aliphatic hydroxyl groups is 1. The van der Waals surface area contributed by atoms with Crippen LogP contribution in [0.2, 0.25) is 0 Å². The van der Waals surface area contributed by atoms with Crippen LogP contribution in [0.4, 0.5) is 19.3 Å². The number of nitrogens with zero attached hydrogens (tertiary/aromatic N) is 1. The number of piperidine rings is 1. The summed E-state index contributed by atoms with van der Waals surface area (Å²) in [5.41, 5.74) is 0.154. The smallest absolute Gasteiger partial charge is 0.321 e. The van der Waals surface area contributed by atoms with E-state index in [4.69, 9.17) is 9.47 Å². The number of halogens is 2. The third kappa shape index (κ3) is 7.94. The van der Waals surface area contributed by atoms with Crippen molar-refractivity contribution in [3.63, 3.8) is 0 Å². The van der Waals surface area contributed by atoms with Crippen molar-refractivity contribution in [2.24, 2.45) is 5.92 Å². The lowest BCUT2D eigenvalue weighted by molar-refractivity contribution is -0.138. The second kappa shape index (κ2) is 12.6. The van der Waals surface area contributed by atoms with E-state index in [1.165, 1.54) is 18.2 Å². The number of anilines is 1. The molecule has 3 N–H and O–H groups in total. The van der Waals surface area contributed by atoms with Gasteiger partial charge in [0.05, 0.1) is 11.5 Å². The summed E-state index contributed by atoms with van der Waals surface area (Å²) in [6, 6.07) is 14.0. The summed E-state index contributed by atoms with van der Waals surface area (Å²) in [6.45, 7) is 6.47. The van der Waals surface area contributed by atoms with Gasteiger partial charge in [-0.15, -0.1) is 0 Å². The molecule has 0 radical (unpaired) electrons. The number of urea groups is 1. The van der Waals surface area contributed by atoms with Crippen LogP contribution in [0.15, 0.2) is 60.7 Å². The summed E-state index contributed by atoms with van der Waals surface area (Å²) in [7, 11) is 0. The predicted octanol–water partition coefficient (Wildman–Crippen LogP) is 7.14. The molecule has 41 heavy (non-hydrogen) atoms. The highest BCUT2D eigenvalue weighted by Crippen LogP contribution is 2.34. The molecular formula is C31H34F2N2O6. The highest BCUT2D eigenvalue weighted by atomic mass is 19.2. The molecule has 8 nitrogen and oxygen atoms in total. The normalized spacial score (nSPS) is 15.3. The number of benzene rings is 3. The maximum absolute atomic E-state index is 13.8. The Balaban J connectivity index is 1.54. The summed E-state index contributed by atoms with van der Waals surface area (Å²) < 4.78 is 38.9. The first-order valence-corrected chi connectivity index (χ1v) is 13.5. The Kier molecular flexibility index (Phi) is 9.12. The number of likely N-dealkylation sites (tertiary alicyclic amines) is 1. The summed E-state index contributed by atoms with van der Waals surface area (Å²) in [6.07, 6.45) is 1.62. The molecule has 0 saturated carbocycles. The molecule has 10 heteroatoms. The minimum atomic E-state index is -1.07. The van der Waals surface area contributed by atoms with E-state index >= 15 is 0 Å². The summed E-state index contributed by atoms with van der Waals surface area (Å²) in [5, 5.41) is 22.9. The van der Waals surface area contributed by atoms with Gasteiger partial charge in [-0.1, -0.05) is 26.0 Å². The molecule has 0 aliphatic carbocycles. The topological polar surface area (TPSA) is 108 Å². The standard InChI is InChI=1S/C31H34F2N2O6/c1-19(2)18-31(39)10-12-35(13-11-31)30(38)34-22-14-25(40-23-6-4-21(5-7-23)20(3)29(36)37)16-26(15-22)41-24-8-9-27(32)28(33)17-24/h4-9,14-17,19-20,39H,10-13,18H2,1-3H3,(H,34,38)(H,36,37). The lowest BCUT2D eigenvalue weighted by Crippen LogP contribution is -2.48. The van der Waals surface area contributed by atoms with E-state index in [1.54, 1.807) is 42.2 Å². The van der Waals surface area contributed by atoms with Gasteiger partial charge in [0.2, 0.25) is 0 Å². The molecule has 1 saturated heterocycles. The Morgan fingerprint density at radius 2 is 1.46 bits per heavy atom. The SMILES string of the molecule is CC(C)CC1(O)CCN(C(=O)Nc2cc(Oc3ccc(C(C)C(=O)O)cc3)cc(Oc3ccc(F)c(F)c3)c2)CC1. The third-order valence-corrected chi connectivity index (χ3v) is 7.01. The van der Waals surface area contributed by atoms with Crippen LogP contribution in [-0.4, -0.2) is 45.8 Å². The monoisotopic (exact) mass is 568 g/mol. The Morgan fingerprint density at radius 1 is 0.878 bits per heavy atom. The maximum Gasteiger partial charge on any atom is 0.321 e. The van der Waals surface area contributed by atoms with Crippen LogP contribution in [0.5, 0.6) is 23.0 Å². The Labute approximate surface area is 237 Å². The number of aliphatic carboxylic acids is 1. The van der Waals surface area contributed by atoms with E-state index in [-0.39, 0.29) is 23.3 Å². The van der Waals surface area contributed by atoms with Crippen LogP contribution in [0.1, 0.15) is 51.5 Å². The van der Waals surface area contributed by atoms with Crippen LogP contribution in [-0.2, 0) is 4.79 Å². The highest BCUT2D eigenvalue weighted by molar-refractivity contribution is 5.90. The van der Waals surface area contributed by atoms with Gasteiger partial charge in [-0.2, -0.15) is 0 Å². The van der Waals surface area contributed by atoms with Crippen molar-refractivity contribution in [1.29, 1.82) is 0 Å². The van der Waals surface area contributed by atoms with Gasteiger partial charge in [-0.25, -0.2) is 13.6 Å². The van der Waals surface area contributed by atoms with E-state index in [2.05, 4.69) is 19.2 Å². The van der Waals surface area contributed by atoms with Gasteiger partial charge in [-0.3, -0.25) is 4.79 Å². The molecule has 0 bridgehead atoms. The minimum Gasteiger partial charge on any atom is -0.481 e. The van der Waals surface area contributed by atoms with E-state index in [9.17, 15) is 28.6 Å². The number of rotatable bonds is 9. The zero-order valence-electron chi connectivity index (χ0n) is 23.2. The second-order valence-corrected chi connectivity index (χ2v) is 10.8. The average molecular weight is 569 g/mol. The molecule has 0 aromatic heterocycles. The quantitative estimate of drug-likeness (QED) is 0.253. The molecule has 4 rings (SSSR count). The first kappa shape index (κ1) is 29.8. The molecule has 1 atom stereocenters. The van der Waals surface area contributed by atoms with E-state index in [0.29, 0.717) is 55.3 Å². The van der Waals surface area contributed by atoms with Crippen molar-refractivity contribution in [3.05, 3.63) is 77.9 Å². The number of amides is 2. The fraction of sp³-hybridized carbons (Fsp3) is 0.355. The van der Waals surface area contributed by atoms with Gasteiger partial charge in [0, 0.05) is 43.0 Å². The molecule has 1 aliphatic heterocycles. The van der Waals surface area contributed by atoms with Crippen molar-refractivity contribution in [2.45, 2.75) is 51.6 Å². The molecule has 1 fully saturated rings. The summed E-state index contributed by atoms with van der Waals surface area (Å²) in [4.78, 5) is 26.0. The van der Waals surface area contributed by atoms with Crippen LogP contribution in [0, 0.1) is 17.6 Å². The van der Waals surface area contributed by atoms with Crippen molar-refractivity contribution >= 4 is 17.7 Å². The van der Waals surface area contributed by atoms with Crippen LogP contribution in [0.3, 0.4) is 0 Å². The fourth-order valence-corrected chi connectivity index (χ4v) is 4.83. The Hall–Kier alpha value is -4.18. The Bertz CT molecular complexity index is 1390. The van der Waals surface area contributed by atoms with E-state index in [1.807, 2.05) is 0 Å². The van der Waals surface area contributed by atoms with Crippen molar-refractivity contribution < 1.29 is 38.1 Å². The number of hydrogen-bond donors (Lipinski definition) is 3. The van der Waals surface area contributed by atoms with E-state index in [0.717, 1.165) is 12.1 Å². The largest absolute Gasteiger partial charge is 0.481 e. The third-order valence-electron chi connectivity index (χ3n) is 7.01. The van der Waals surface area contributed by atoms with Crippen LogP contribution >= 0.6 is 0 Å². The van der Waals surface area contributed by atoms with Crippen molar-refractivity contribution in [2.75, 3.05) is 18.4 Å². The first-order chi connectivity index (χ1) is 19.4. The molecule has 1 heterocycles. The van der Waals surface area contributed by atoms with Crippen LogP contribution < -0.4 is 14.8 Å². The van der Waals surface area contributed by atoms with Gasteiger partial charge >= 0.3 is 12.0 Å². The summed E-state index contributed by atoms with van der Waals surface area (Å²) in [5.74, 6) is -2.43. The molecule has 3 aromatic rings. The molecule has 1 unspecified atom stereocenters.